The summed E-state index contributed by atoms with van der Waals surface area (Å²) in [7, 11) is 0. The molecule has 3 N–H and O–H groups in total. The highest BCUT2D eigenvalue weighted by molar-refractivity contribution is 5.54. The number of azide groups is 1. The van der Waals surface area contributed by atoms with Crippen molar-refractivity contribution >= 4 is 11.5 Å². The van der Waals surface area contributed by atoms with Gasteiger partial charge in [-0.3, -0.25) is 0 Å². The van der Waals surface area contributed by atoms with Gasteiger partial charge in [0.2, 0.25) is 0 Å². The number of hydrogen-bond acceptors (Lipinski definition) is 4. The Labute approximate surface area is 60.5 Å². The van der Waals surface area contributed by atoms with Gasteiger partial charge in [0.25, 0.3) is 0 Å². The summed E-state index contributed by atoms with van der Waals surface area (Å²) in [5.74, 6) is -0.0773. The molecule has 1 aromatic heterocycles. The van der Waals surface area contributed by atoms with Crippen LogP contribution in [-0.4, -0.2) is 9.97 Å². The standard InChI is InChI=1S/C4H4N6O/c5-3-2(9-10-6)1-7-4(11)8-3/h1H,(H3,5,7,8,11). The molecule has 0 saturated heterocycles. The van der Waals surface area contributed by atoms with E-state index in [1.54, 1.807) is 0 Å². The molecular formula is C4H4N6O. The van der Waals surface area contributed by atoms with Gasteiger partial charge in [0, 0.05) is 11.1 Å². The Hall–Kier alpha value is -2.01. The molecule has 7 nitrogen and oxygen atoms in total. The Bertz CT molecular complexity index is 361. The fraction of sp³-hybridized carbons (Fsp3) is 0. The topological polar surface area (TPSA) is 121 Å². The second-order valence-corrected chi connectivity index (χ2v) is 1.67. The molecule has 0 aromatic carbocycles. The number of nitrogen functional groups attached to an aromatic ring is 1. The number of H-pyrrole nitrogens is 1. The Morgan fingerprint density at radius 1 is 1.82 bits per heavy atom. The largest absolute Gasteiger partial charge is 0.383 e. The van der Waals surface area contributed by atoms with Crippen LogP contribution in [0.1, 0.15) is 0 Å². The van der Waals surface area contributed by atoms with E-state index in [4.69, 9.17) is 11.3 Å². The van der Waals surface area contributed by atoms with Crippen LogP contribution in [0.5, 0.6) is 0 Å². The minimum Gasteiger partial charge on any atom is -0.383 e. The maximum absolute atomic E-state index is 10.5. The van der Waals surface area contributed by atoms with Gasteiger partial charge in [0.05, 0.1) is 5.69 Å². The lowest BCUT2D eigenvalue weighted by Crippen LogP contribution is -2.10. The molecule has 0 saturated carbocycles. The van der Waals surface area contributed by atoms with Gasteiger partial charge in [-0.05, 0) is 5.53 Å². The summed E-state index contributed by atoms with van der Waals surface area (Å²) in [4.78, 5) is 18.5. The van der Waals surface area contributed by atoms with Crippen LogP contribution >= 0.6 is 0 Å². The molecule has 0 aliphatic rings. The number of aromatic nitrogens is 2. The quantitative estimate of drug-likeness (QED) is 0.341. The van der Waals surface area contributed by atoms with E-state index in [0.29, 0.717) is 0 Å². The average Bonchev–Trinajstić information content (AvgIpc) is 1.95. The fourth-order valence-electron chi connectivity index (χ4n) is 0.531. The first-order chi connectivity index (χ1) is 5.24. The summed E-state index contributed by atoms with van der Waals surface area (Å²) >= 11 is 0. The lowest BCUT2D eigenvalue weighted by atomic mass is 10.5. The molecule has 7 heteroatoms. The molecule has 0 radical (unpaired) electrons. The Morgan fingerprint density at radius 3 is 3.09 bits per heavy atom. The van der Waals surface area contributed by atoms with Gasteiger partial charge in [0.15, 0.2) is 0 Å². The minimum atomic E-state index is -0.570. The zero-order valence-electron chi connectivity index (χ0n) is 5.35. The Balaban J connectivity index is 3.30. The normalized spacial score (nSPS) is 8.73. The molecule has 0 amide bonds. The van der Waals surface area contributed by atoms with Crippen molar-refractivity contribution in [3.05, 3.63) is 27.1 Å². The van der Waals surface area contributed by atoms with E-state index in [-0.39, 0.29) is 11.5 Å². The lowest BCUT2D eigenvalue weighted by molar-refractivity contribution is 1.08. The van der Waals surface area contributed by atoms with Crippen molar-refractivity contribution in [2.24, 2.45) is 5.11 Å². The molecule has 1 aromatic rings. The van der Waals surface area contributed by atoms with Gasteiger partial charge >= 0.3 is 5.69 Å². The fourth-order valence-corrected chi connectivity index (χ4v) is 0.531. The third-order valence-corrected chi connectivity index (χ3v) is 0.969. The number of nitrogens with zero attached hydrogens (tertiary/aromatic N) is 4. The first-order valence-corrected chi connectivity index (χ1v) is 2.64. The SMILES string of the molecule is [N-]=[N+]=Nc1c[nH]c(=O)nc1N. The summed E-state index contributed by atoms with van der Waals surface area (Å²) < 4.78 is 0. The highest BCUT2D eigenvalue weighted by atomic mass is 16.1. The first kappa shape index (κ1) is 7.10. The van der Waals surface area contributed by atoms with Crippen molar-refractivity contribution in [1.82, 2.24) is 9.97 Å². The monoisotopic (exact) mass is 152 g/mol. The number of hydrogen-bond donors (Lipinski definition) is 2. The smallest absolute Gasteiger partial charge is 0.346 e. The first-order valence-electron chi connectivity index (χ1n) is 2.64. The number of aromatic amines is 1. The van der Waals surface area contributed by atoms with Crippen LogP contribution < -0.4 is 11.4 Å². The zero-order valence-corrected chi connectivity index (χ0v) is 5.35. The second-order valence-electron chi connectivity index (χ2n) is 1.67. The second kappa shape index (κ2) is 2.72. The van der Waals surface area contributed by atoms with Crippen LogP contribution in [0.3, 0.4) is 0 Å². The maximum Gasteiger partial charge on any atom is 0.346 e. The molecule has 1 heterocycles. The van der Waals surface area contributed by atoms with Crippen LogP contribution in [0.2, 0.25) is 0 Å². The van der Waals surface area contributed by atoms with E-state index in [2.05, 4.69) is 20.0 Å². The van der Waals surface area contributed by atoms with Crippen LogP contribution in [0.15, 0.2) is 16.1 Å². The van der Waals surface area contributed by atoms with Gasteiger partial charge in [-0.1, -0.05) is 5.11 Å². The summed E-state index contributed by atoms with van der Waals surface area (Å²) in [5.41, 5.74) is 12.8. The van der Waals surface area contributed by atoms with E-state index in [0.717, 1.165) is 0 Å². The predicted molar refractivity (Wildman–Crippen MR) is 38.1 cm³/mol. The molecule has 11 heavy (non-hydrogen) atoms. The minimum absolute atomic E-state index is 0.0773. The van der Waals surface area contributed by atoms with Crippen LogP contribution in [-0.2, 0) is 0 Å². The molecular weight excluding hydrogens is 148 g/mol. The Kier molecular flexibility index (Phi) is 1.75. The van der Waals surface area contributed by atoms with Gasteiger partial charge < -0.3 is 10.7 Å². The van der Waals surface area contributed by atoms with Crippen molar-refractivity contribution in [3.8, 4) is 0 Å². The number of rotatable bonds is 1. The lowest BCUT2D eigenvalue weighted by Gasteiger charge is -1.92. The molecule has 0 fully saturated rings. The highest BCUT2D eigenvalue weighted by Gasteiger charge is 1.96. The molecule has 0 spiro atoms. The Morgan fingerprint density at radius 2 is 2.55 bits per heavy atom. The molecule has 0 aliphatic carbocycles. The number of anilines is 1. The summed E-state index contributed by atoms with van der Waals surface area (Å²) in [6, 6.07) is 0. The maximum atomic E-state index is 10.5. The molecule has 0 unspecified atom stereocenters. The van der Waals surface area contributed by atoms with E-state index < -0.39 is 5.69 Å². The number of nitrogens with one attached hydrogen (secondary N) is 1. The number of nitrogens with two attached hydrogens (primary N) is 1. The van der Waals surface area contributed by atoms with Crippen LogP contribution in [0, 0.1) is 0 Å². The van der Waals surface area contributed by atoms with Crippen LogP contribution in [0.4, 0.5) is 11.5 Å². The third kappa shape index (κ3) is 1.46. The van der Waals surface area contributed by atoms with E-state index in [9.17, 15) is 4.79 Å². The van der Waals surface area contributed by atoms with Gasteiger partial charge in [-0.2, -0.15) is 4.98 Å². The van der Waals surface area contributed by atoms with E-state index >= 15 is 0 Å². The van der Waals surface area contributed by atoms with Crippen molar-refractivity contribution in [3.63, 3.8) is 0 Å². The molecule has 0 bridgehead atoms. The van der Waals surface area contributed by atoms with Gasteiger partial charge in [-0.15, -0.1) is 0 Å². The van der Waals surface area contributed by atoms with E-state index in [1.807, 2.05) is 0 Å². The highest BCUT2D eigenvalue weighted by Crippen LogP contribution is 2.14. The van der Waals surface area contributed by atoms with Crippen molar-refractivity contribution in [2.45, 2.75) is 0 Å². The van der Waals surface area contributed by atoms with Crippen molar-refractivity contribution in [2.75, 3.05) is 5.73 Å². The van der Waals surface area contributed by atoms with Crippen molar-refractivity contribution < 1.29 is 0 Å². The summed E-state index contributed by atoms with van der Waals surface area (Å²) in [6.07, 6.45) is 1.20. The van der Waals surface area contributed by atoms with Crippen LogP contribution in [0.25, 0.3) is 10.4 Å². The summed E-state index contributed by atoms with van der Waals surface area (Å²) in [6.45, 7) is 0. The summed E-state index contributed by atoms with van der Waals surface area (Å²) in [5, 5.41) is 3.17. The molecule has 1 rings (SSSR count). The zero-order chi connectivity index (χ0) is 8.27. The van der Waals surface area contributed by atoms with Crippen molar-refractivity contribution in [1.29, 1.82) is 0 Å². The van der Waals surface area contributed by atoms with E-state index in [1.165, 1.54) is 6.20 Å². The van der Waals surface area contributed by atoms with Gasteiger partial charge in [0.1, 0.15) is 5.82 Å². The third-order valence-electron chi connectivity index (χ3n) is 0.969. The molecule has 0 aliphatic heterocycles. The average molecular weight is 152 g/mol. The molecule has 0 atom stereocenters. The molecule has 56 valence electrons. The predicted octanol–water partition coefficient (Wildman–Crippen LogP) is 0.294. The van der Waals surface area contributed by atoms with Gasteiger partial charge in [-0.25, -0.2) is 4.79 Å².